The van der Waals surface area contributed by atoms with Crippen LogP contribution in [0.1, 0.15) is 30.5 Å². The van der Waals surface area contributed by atoms with Crippen molar-refractivity contribution in [2.45, 2.75) is 45.8 Å². The molecule has 178 valence electrons. The van der Waals surface area contributed by atoms with Crippen LogP contribution in [-0.4, -0.2) is 35.4 Å². The summed E-state index contributed by atoms with van der Waals surface area (Å²) in [4.78, 5) is 28.4. The third-order valence-electron chi connectivity index (χ3n) is 5.35. The molecule has 0 aliphatic rings. The number of nitrogens with one attached hydrogen (secondary N) is 1. The van der Waals surface area contributed by atoms with Gasteiger partial charge in [0.25, 0.3) is 5.91 Å². The van der Waals surface area contributed by atoms with E-state index in [-0.39, 0.29) is 24.5 Å². The molecule has 0 radical (unpaired) electrons. The second-order valence-electron chi connectivity index (χ2n) is 8.62. The Morgan fingerprint density at radius 2 is 1.56 bits per heavy atom. The molecule has 6 heteroatoms. The summed E-state index contributed by atoms with van der Waals surface area (Å²) in [5, 5.41) is 3.58. The molecular formula is C28H31ClN2O3. The van der Waals surface area contributed by atoms with Gasteiger partial charge in [-0.1, -0.05) is 71.8 Å². The monoisotopic (exact) mass is 478 g/mol. The number of carbonyl (C=O) groups excluding carboxylic acids is 2. The van der Waals surface area contributed by atoms with Crippen molar-refractivity contribution in [1.82, 2.24) is 10.2 Å². The van der Waals surface area contributed by atoms with Gasteiger partial charge in [-0.25, -0.2) is 0 Å². The van der Waals surface area contributed by atoms with E-state index in [2.05, 4.69) is 5.32 Å². The number of amides is 2. The fraction of sp³-hybridized carbons (Fsp3) is 0.286. The third kappa shape index (κ3) is 7.63. The van der Waals surface area contributed by atoms with Crippen molar-refractivity contribution >= 4 is 23.4 Å². The highest BCUT2D eigenvalue weighted by molar-refractivity contribution is 6.30. The third-order valence-corrected chi connectivity index (χ3v) is 5.60. The van der Waals surface area contributed by atoms with Gasteiger partial charge in [-0.15, -0.1) is 0 Å². The highest BCUT2D eigenvalue weighted by Crippen LogP contribution is 2.18. The standard InChI is InChI=1S/C28H31ClN2O3/c1-20(2)30-28(33)26(17-22-7-5-4-6-8-22)31(18-23-11-9-21(3)10-12-23)27(32)19-34-25-15-13-24(29)14-16-25/h4-16,20,26H,17-19H2,1-3H3,(H,30,33). The molecule has 3 aromatic rings. The zero-order valence-corrected chi connectivity index (χ0v) is 20.6. The van der Waals surface area contributed by atoms with Crippen LogP contribution >= 0.6 is 11.6 Å². The second kappa shape index (κ2) is 12.2. The Hall–Kier alpha value is -3.31. The molecule has 0 fully saturated rings. The van der Waals surface area contributed by atoms with Crippen molar-refractivity contribution in [3.8, 4) is 5.75 Å². The maximum atomic E-state index is 13.5. The van der Waals surface area contributed by atoms with E-state index in [0.29, 0.717) is 23.7 Å². The number of ether oxygens (including phenoxy) is 1. The van der Waals surface area contributed by atoms with Gasteiger partial charge in [-0.3, -0.25) is 9.59 Å². The zero-order chi connectivity index (χ0) is 24.5. The quantitative estimate of drug-likeness (QED) is 0.436. The topological polar surface area (TPSA) is 58.6 Å². The minimum atomic E-state index is -0.688. The summed E-state index contributed by atoms with van der Waals surface area (Å²) in [5.41, 5.74) is 3.05. The van der Waals surface area contributed by atoms with E-state index in [1.807, 2.05) is 75.4 Å². The fourth-order valence-electron chi connectivity index (χ4n) is 3.58. The molecule has 0 aromatic heterocycles. The van der Waals surface area contributed by atoms with Gasteiger partial charge in [-0.2, -0.15) is 0 Å². The predicted octanol–water partition coefficient (Wildman–Crippen LogP) is 5.19. The molecule has 3 aromatic carbocycles. The van der Waals surface area contributed by atoms with E-state index >= 15 is 0 Å². The molecule has 3 rings (SSSR count). The van der Waals surface area contributed by atoms with Gasteiger partial charge in [0, 0.05) is 24.0 Å². The van der Waals surface area contributed by atoms with Crippen LogP contribution in [0, 0.1) is 6.92 Å². The van der Waals surface area contributed by atoms with Crippen LogP contribution in [-0.2, 0) is 22.6 Å². The number of aryl methyl sites for hydroxylation is 1. The van der Waals surface area contributed by atoms with Crippen molar-refractivity contribution < 1.29 is 14.3 Å². The summed E-state index contributed by atoms with van der Waals surface area (Å²) < 4.78 is 5.74. The van der Waals surface area contributed by atoms with Crippen LogP contribution in [0.25, 0.3) is 0 Å². The van der Waals surface area contributed by atoms with Crippen molar-refractivity contribution in [1.29, 1.82) is 0 Å². The van der Waals surface area contributed by atoms with Crippen molar-refractivity contribution in [3.05, 3.63) is 101 Å². The summed E-state index contributed by atoms with van der Waals surface area (Å²) in [6, 6.07) is 23.8. The molecular weight excluding hydrogens is 448 g/mol. The lowest BCUT2D eigenvalue weighted by molar-refractivity contribution is -0.143. The van der Waals surface area contributed by atoms with Crippen LogP contribution in [0.5, 0.6) is 5.75 Å². The Labute approximate surface area is 206 Å². The largest absolute Gasteiger partial charge is 0.484 e. The number of hydrogen-bond donors (Lipinski definition) is 1. The molecule has 0 saturated carbocycles. The molecule has 1 N–H and O–H groups in total. The van der Waals surface area contributed by atoms with E-state index in [0.717, 1.165) is 16.7 Å². The minimum absolute atomic E-state index is 0.0487. The Morgan fingerprint density at radius 1 is 0.912 bits per heavy atom. The van der Waals surface area contributed by atoms with Gasteiger partial charge >= 0.3 is 0 Å². The van der Waals surface area contributed by atoms with Gasteiger partial charge in [0.2, 0.25) is 5.91 Å². The first-order chi connectivity index (χ1) is 16.3. The van der Waals surface area contributed by atoms with E-state index in [4.69, 9.17) is 16.3 Å². The summed E-state index contributed by atoms with van der Waals surface area (Å²) in [7, 11) is 0. The Balaban J connectivity index is 1.89. The van der Waals surface area contributed by atoms with Crippen LogP contribution in [0.3, 0.4) is 0 Å². The summed E-state index contributed by atoms with van der Waals surface area (Å²) in [5.74, 6) is 0.0837. The van der Waals surface area contributed by atoms with Crippen molar-refractivity contribution in [2.24, 2.45) is 0 Å². The smallest absolute Gasteiger partial charge is 0.261 e. The summed E-state index contributed by atoms with van der Waals surface area (Å²) in [6.07, 6.45) is 0.401. The van der Waals surface area contributed by atoms with Gasteiger partial charge in [0.05, 0.1) is 0 Å². The summed E-state index contributed by atoms with van der Waals surface area (Å²) in [6.45, 7) is 5.95. The first-order valence-electron chi connectivity index (χ1n) is 11.4. The number of carbonyl (C=O) groups is 2. The van der Waals surface area contributed by atoms with Gasteiger partial charge in [0.15, 0.2) is 6.61 Å². The molecule has 0 aliphatic heterocycles. The van der Waals surface area contributed by atoms with E-state index < -0.39 is 6.04 Å². The number of hydrogen-bond acceptors (Lipinski definition) is 3. The molecule has 5 nitrogen and oxygen atoms in total. The minimum Gasteiger partial charge on any atom is -0.484 e. The van der Waals surface area contributed by atoms with E-state index in [1.54, 1.807) is 29.2 Å². The summed E-state index contributed by atoms with van der Waals surface area (Å²) >= 11 is 5.95. The van der Waals surface area contributed by atoms with E-state index in [1.165, 1.54) is 0 Å². The first-order valence-corrected chi connectivity index (χ1v) is 11.8. The number of nitrogens with zero attached hydrogens (tertiary/aromatic N) is 1. The Kier molecular flexibility index (Phi) is 9.11. The first kappa shape index (κ1) is 25.3. The lowest BCUT2D eigenvalue weighted by Gasteiger charge is -2.32. The fourth-order valence-corrected chi connectivity index (χ4v) is 3.71. The molecule has 0 heterocycles. The molecule has 0 aliphatic carbocycles. The Bertz CT molecular complexity index is 1070. The van der Waals surface area contributed by atoms with Gasteiger partial charge < -0.3 is 15.0 Å². The zero-order valence-electron chi connectivity index (χ0n) is 19.8. The SMILES string of the molecule is Cc1ccc(CN(C(=O)COc2ccc(Cl)cc2)C(Cc2ccccc2)C(=O)NC(C)C)cc1. The molecule has 0 bridgehead atoms. The lowest BCUT2D eigenvalue weighted by Crippen LogP contribution is -2.52. The average Bonchev–Trinajstić information content (AvgIpc) is 2.82. The van der Waals surface area contributed by atoms with Crippen LogP contribution < -0.4 is 10.1 Å². The molecule has 1 unspecified atom stereocenters. The van der Waals surface area contributed by atoms with Gasteiger partial charge in [-0.05, 0) is 56.2 Å². The van der Waals surface area contributed by atoms with Crippen LogP contribution in [0.2, 0.25) is 5.02 Å². The molecule has 34 heavy (non-hydrogen) atoms. The maximum Gasteiger partial charge on any atom is 0.261 e. The Morgan fingerprint density at radius 3 is 2.18 bits per heavy atom. The van der Waals surface area contributed by atoms with E-state index in [9.17, 15) is 9.59 Å². The molecule has 0 spiro atoms. The molecule has 2 amide bonds. The highest BCUT2D eigenvalue weighted by atomic mass is 35.5. The number of halogens is 1. The highest BCUT2D eigenvalue weighted by Gasteiger charge is 2.31. The number of rotatable bonds is 10. The average molecular weight is 479 g/mol. The van der Waals surface area contributed by atoms with Crippen molar-refractivity contribution in [3.63, 3.8) is 0 Å². The maximum absolute atomic E-state index is 13.5. The van der Waals surface area contributed by atoms with Crippen LogP contribution in [0.4, 0.5) is 0 Å². The molecule has 0 saturated heterocycles. The number of benzene rings is 3. The van der Waals surface area contributed by atoms with Crippen LogP contribution in [0.15, 0.2) is 78.9 Å². The predicted molar refractivity (Wildman–Crippen MR) is 136 cm³/mol. The second-order valence-corrected chi connectivity index (χ2v) is 9.06. The molecule has 1 atom stereocenters. The van der Waals surface area contributed by atoms with Crippen molar-refractivity contribution in [2.75, 3.05) is 6.61 Å². The lowest BCUT2D eigenvalue weighted by atomic mass is 10.0. The normalized spacial score (nSPS) is 11.7. The van der Waals surface area contributed by atoms with Gasteiger partial charge in [0.1, 0.15) is 11.8 Å².